The second-order valence-electron chi connectivity index (χ2n) is 7.26. The fraction of sp³-hybridized carbons (Fsp3) is 0.579. The predicted octanol–water partition coefficient (Wildman–Crippen LogP) is 0.766. The van der Waals surface area contributed by atoms with Gasteiger partial charge in [-0.2, -0.15) is 0 Å². The van der Waals surface area contributed by atoms with Gasteiger partial charge in [0.05, 0.1) is 24.0 Å². The van der Waals surface area contributed by atoms with Gasteiger partial charge >= 0.3 is 0 Å². The van der Waals surface area contributed by atoms with E-state index in [9.17, 15) is 18.0 Å². The van der Waals surface area contributed by atoms with Crippen molar-refractivity contribution < 1.29 is 18.0 Å². The number of amides is 2. The summed E-state index contributed by atoms with van der Waals surface area (Å²) in [6, 6.07) is 7.77. The van der Waals surface area contributed by atoms with E-state index in [-0.39, 0.29) is 29.9 Å². The molecule has 27 heavy (non-hydrogen) atoms. The number of nitrogens with zero attached hydrogens (tertiary/aromatic N) is 2. The number of anilines is 1. The molecule has 2 amide bonds. The average Bonchev–Trinajstić information content (AvgIpc) is 3.02. The molecule has 1 unspecified atom stereocenters. The Morgan fingerprint density at radius 1 is 1.15 bits per heavy atom. The molecular formula is C19H27N3O4S. The zero-order valence-electron chi connectivity index (χ0n) is 15.7. The molecule has 148 valence electrons. The van der Waals surface area contributed by atoms with E-state index in [2.05, 4.69) is 12.2 Å². The summed E-state index contributed by atoms with van der Waals surface area (Å²) in [4.78, 5) is 28.6. The molecule has 1 atom stereocenters. The third-order valence-electron chi connectivity index (χ3n) is 5.31. The first-order valence-corrected chi connectivity index (χ1v) is 11.3. The number of benzene rings is 1. The monoisotopic (exact) mass is 393 g/mol. The Labute approximate surface area is 160 Å². The standard InChI is InChI=1S/C19H27N3O4S/c1-2-15-5-3-4-6-17(15)20-18(23)13-21-8-10-22(11-9-21)19(24)16-7-12-27(25,26)14-16/h3-6,16H,2,7-14H2,1H3,(H,20,23). The van der Waals surface area contributed by atoms with E-state index >= 15 is 0 Å². The topological polar surface area (TPSA) is 86.8 Å². The van der Waals surface area contributed by atoms with Crippen LogP contribution < -0.4 is 5.32 Å². The highest BCUT2D eigenvalue weighted by Crippen LogP contribution is 2.21. The van der Waals surface area contributed by atoms with Crippen LogP contribution in [0.4, 0.5) is 5.69 Å². The minimum atomic E-state index is -3.05. The lowest BCUT2D eigenvalue weighted by Crippen LogP contribution is -2.52. The number of carbonyl (C=O) groups excluding carboxylic acids is 2. The fourth-order valence-electron chi connectivity index (χ4n) is 3.72. The largest absolute Gasteiger partial charge is 0.340 e. The van der Waals surface area contributed by atoms with Crippen molar-refractivity contribution in [1.82, 2.24) is 9.80 Å². The van der Waals surface area contributed by atoms with E-state index in [1.807, 2.05) is 29.2 Å². The van der Waals surface area contributed by atoms with Gasteiger partial charge in [-0.25, -0.2) is 8.42 Å². The molecule has 2 aliphatic rings. The summed E-state index contributed by atoms with van der Waals surface area (Å²) in [5.74, 6) is -0.418. The molecular weight excluding hydrogens is 366 g/mol. The van der Waals surface area contributed by atoms with Crippen molar-refractivity contribution in [2.45, 2.75) is 19.8 Å². The molecule has 0 radical (unpaired) electrons. The van der Waals surface area contributed by atoms with Gasteiger partial charge < -0.3 is 10.2 Å². The van der Waals surface area contributed by atoms with Crippen LogP contribution >= 0.6 is 0 Å². The second-order valence-corrected chi connectivity index (χ2v) is 9.49. The molecule has 1 aromatic rings. The zero-order chi connectivity index (χ0) is 19.4. The molecule has 8 heteroatoms. The Bertz CT molecular complexity index is 801. The first-order chi connectivity index (χ1) is 12.9. The lowest BCUT2D eigenvalue weighted by atomic mass is 10.1. The Hall–Kier alpha value is -1.93. The van der Waals surface area contributed by atoms with Crippen molar-refractivity contribution in [3.63, 3.8) is 0 Å². The number of aryl methyl sites for hydroxylation is 1. The van der Waals surface area contributed by atoms with Crippen molar-refractivity contribution in [2.24, 2.45) is 5.92 Å². The maximum atomic E-state index is 12.5. The summed E-state index contributed by atoms with van der Waals surface area (Å²) >= 11 is 0. The molecule has 0 spiro atoms. The number of piperazine rings is 1. The number of hydrogen-bond donors (Lipinski definition) is 1. The Kier molecular flexibility index (Phi) is 6.16. The maximum absolute atomic E-state index is 12.5. The van der Waals surface area contributed by atoms with Crippen LogP contribution in [0.1, 0.15) is 18.9 Å². The highest BCUT2D eigenvalue weighted by Gasteiger charge is 2.36. The predicted molar refractivity (Wildman–Crippen MR) is 104 cm³/mol. The molecule has 2 fully saturated rings. The minimum absolute atomic E-state index is 0.0225. The van der Waals surface area contributed by atoms with Gasteiger partial charge in [0.2, 0.25) is 11.8 Å². The van der Waals surface area contributed by atoms with Crippen molar-refractivity contribution in [3.8, 4) is 0 Å². The summed E-state index contributed by atoms with van der Waals surface area (Å²) < 4.78 is 23.1. The third-order valence-corrected chi connectivity index (χ3v) is 7.07. The van der Waals surface area contributed by atoms with Gasteiger partial charge in [0.1, 0.15) is 0 Å². The summed E-state index contributed by atoms with van der Waals surface area (Å²) in [6.07, 6.45) is 1.29. The third kappa shape index (κ3) is 5.07. The van der Waals surface area contributed by atoms with Crippen molar-refractivity contribution >= 4 is 27.3 Å². The number of sulfone groups is 1. The van der Waals surface area contributed by atoms with Crippen LogP contribution in [-0.2, 0) is 25.8 Å². The summed E-state index contributed by atoms with van der Waals surface area (Å²) in [5.41, 5.74) is 1.95. The first-order valence-electron chi connectivity index (χ1n) is 9.47. The van der Waals surface area contributed by atoms with E-state index in [0.717, 1.165) is 17.7 Å². The second kappa shape index (κ2) is 8.39. The summed E-state index contributed by atoms with van der Waals surface area (Å²) in [7, 11) is -3.05. The van der Waals surface area contributed by atoms with Crippen LogP contribution in [0.5, 0.6) is 0 Å². The van der Waals surface area contributed by atoms with Crippen LogP contribution in [0.15, 0.2) is 24.3 Å². The first kappa shape index (κ1) is 19.8. The van der Waals surface area contributed by atoms with Gasteiger partial charge in [0, 0.05) is 31.9 Å². The van der Waals surface area contributed by atoms with Crippen LogP contribution in [0.2, 0.25) is 0 Å². The van der Waals surface area contributed by atoms with Crippen molar-refractivity contribution in [1.29, 1.82) is 0 Å². The molecule has 2 heterocycles. The van der Waals surface area contributed by atoms with Gasteiger partial charge in [-0.15, -0.1) is 0 Å². The van der Waals surface area contributed by atoms with Gasteiger partial charge in [0.25, 0.3) is 0 Å². The Morgan fingerprint density at radius 2 is 1.85 bits per heavy atom. The minimum Gasteiger partial charge on any atom is -0.340 e. The van der Waals surface area contributed by atoms with Crippen LogP contribution in [0.25, 0.3) is 0 Å². The number of carbonyl (C=O) groups is 2. The van der Waals surface area contributed by atoms with Crippen LogP contribution in [0.3, 0.4) is 0 Å². The molecule has 0 bridgehead atoms. The van der Waals surface area contributed by atoms with Crippen LogP contribution in [0, 0.1) is 5.92 Å². The Morgan fingerprint density at radius 3 is 2.48 bits per heavy atom. The number of para-hydroxylation sites is 1. The summed E-state index contributed by atoms with van der Waals surface area (Å²) in [5, 5.41) is 2.97. The van der Waals surface area contributed by atoms with Crippen LogP contribution in [-0.4, -0.2) is 74.3 Å². The van der Waals surface area contributed by atoms with Gasteiger partial charge in [-0.05, 0) is 24.5 Å². The summed E-state index contributed by atoms with van der Waals surface area (Å²) in [6.45, 7) is 4.65. The average molecular weight is 394 g/mol. The van der Waals surface area contributed by atoms with E-state index < -0.39 is 15.8 Å². The van der Waals surface area contributed by atoms with Crippen molar-refractivity contribution in [2.75, 3.05) is 49.5 Å². The molecule has 0 saturated carbocycles. The smallest absolute Gasteiger partial charge is 0.238 e. The number of nitrogens with one attached hydrogen (secondary N) is 1. The quantitative estimate of drug-likeness (QED) is 0.798. The fourth-order valence-corrected chi connectivity index (χ4v) is 5.45. The molecule has 2 saturated heterocycles. The zero-order valence-corrected chi connectivity index (χ0v) is 16.5. The highest BCUT2D eigenvalue weighted by molar-refractivity contribution is 7.91. The molecule has 3 rings (SSSR count). The molecule has 1 N–H and O–H groups in total. The van der Waals surface area contributed by atoms with Gasteiger partial charge in [-0.3, -0.25) is 14.5 Å². The van der Waals surface area contributed by atoms with E-state index in [4.69, 9.17) is 0 Å². The molecule has 0 aromatic heterocycles. The molecule has 2 aliphatic heterocycles. The van der Waals surface area contributed by atoms with Crippen molar-refractivity contribution in [3.05, 3.63) is 29.8 Å². The number of rotatable bonds is 5. The molecule has 1 aromatic carbocycles. The Balaban J connectivity index is 1.46. The highest BCUT2D eigenvalue weighted by atomic mass is 32.2. The van der Waals surface area contributed by atoms with E-state index in [1.165, 1.54) is 0 Å². The molecule has 0 aliphatic carbocycles. The lowest BCUT2D eigenvalue weighted by Gasteiger charge is -2.35. The normalized spacial score (nSPS) is 22.6. The van der Waals surface area contributed by atoms with E-state index in [1.54, 1.807) is 4.90 Å². The maximum Gasteiger partial charge on any atom is 0.238 e. The van der Waals surface area contributed by atoms with Gasteiger partial charge in [-0.1, -0.05) is 25.1 Å². The molecule has 7 nitrogen and oxygen atoms in total. The lowest BCUT2D eigenvalue weighted by molar-refractivity contribution is -0.136. The van der Waals surface area contributed by atoms with E-state index in [0.29, 0.717) is 32.6 Å². The SMILES string of the molecule is CCc1ccccc1NC(=O)CN1CCN(C(=O)C2CCS(=O)(=O)C2)CC1. The van der Waals surface area contributed by atoms with Gasteiger partial charge in [0.15, 0.2) is 9.84 Å². The number of hydrogen-bond acceptors (Lipinski definition) is 5.